The van der Waals surface area contributed by atoms with Crippen LogP contribution in [0.4, 0.5) is 0 Å². The standard InChI is InChI=1S/C12H10/c1-2-6-11(7-3-1)10-12-8-4-5-9-12/h1-10H. The van der Waals surface area contributed by atoms with Gasteiger partial charge in [0.1, 0.15) is 0 Å². The van der Waals surface area contributed by atoms with Gasteiger partial charge < -0.3 is 0 Å². The van der Waals surface area contributed by atoms with E-state index in [1.165, 1.54) is 11.1 Å². The predicted octanol–water partition coefficient (Wildman–Crippen LogP) is 3.20. The van der Waals surface area contributed by atoms with E-state index in [0.717, 1.165) is 0 Å². The third-order valence-electron chi connectivity index (χ3n) is 1.82. The van der Waals surface area contributed by atoms with E-state index in [1.807, 2.05) is 6.07 Å². The summed E-state index contributed by atoms with van der Waals surface area (Å²) in [6.45, 7) is 0. The monoisotopic (exact) mass is 154 g/mol. The summed E-state index contributed by atoms with van der Waals surface area (Å²) in [6, 6.07) is 10.3. The summed E-state index contributed by atoms with van der Waals surface area (Å²) in [5, 5.41) is 0. The molecule has 0 unspecified atom stereocenters. The van der Waals surface area contributed by atoms with Crippen molar-refractivity contribution in [2.24, 2.45) is 0 Å². The number of benzene rings is 1. The summed E-state index contributed by atoms with van der Waals surface area (Å²) in [7, 11) is 0. The Morgan fingerprint density at radius 3 is 2.17 bits per heavy atom. The molecule has 0 aromatic heterocycles. The van der Waals surface area contributed by atoms with E-state index in [1.54, 1.807) is 0 Å². The van der Waals surface area contributed by atoms with Gasteiger partial charge in [-0.3, -0.25) is 0 Å². The van der Waals surface area contributed by atoms with Crippen LogP contribution in [0.3, 0.4) is 0 Å². The van der Waals surface area contributed by atoms with E-state index >= 15 is 0 Å². The van der Waals surface area contributed by atoms with Crippen LogP contribution in [0, 0.1) is 0 Å². The normalized spacial score (nSPS) is 13.8. The van der Waals surface area contributed by atoms with Gasteiger partial charge in [0.15, 0.2) is 0 Å². The molecule has 0 saturated heterocycles. The van der Waals surface area contributed by atoms with Crippen molar-refractivity contribution in [3.8, 4) is 0 Å². The molecule has 1 aliphatic carbocycles. The Labute approximate surface area is 72.5 Å². The third kappa shape index (κ3) is 1.54. The van der Waals surface area contributed by atoms with Gasteiger partial charge in [-0.25, -0.2) is 0 Å². The summed E-state index contributed by atoms with van der Waals surface area (Å²) < 4.78 is 0. The predicted molar refractivity (Wildman–Crippen MR) is 52.7 cm³/mol. The average Bonchev–Trinajstić information content (AvgIpc) is 2.59. The molecule has 0 nitrogen and oxygen atoms in total. The molecule has 1 aromatic rings. The van der Waals surface area contributed by atoms with Crippen LogP contribution in [-0.4, -0.2) is 0 Å². The maximum absolute atomic E-state index is 2.17. The minimum Gasteiger partial charge on any atom is -0.0622 e. The molecular formula is C12H10. The zero-order chi connectivity index (χ0) is 8.23. The van der Waals surface area contributed by atoms with Gasteiger partial charge in [0, 0.05) is 0 Å². The fourth-order valence-corrected chi connectivity index (χ4v) is 1.23. The zero-order valence-electron chi connectivity index (χ0n) is 6.77. The second-order valence-corrected chi connectivity index (χ2v) is 2.77. The van der Waals surface area contributed by atoms with E-state index in [-0.39, 0.29) is 0 Å². The van der Waals surface area contributed by atoms with Crippen molar-refractivity contribution in [3.05, 3.63) is 65.8 Å². The average molecular weight is 154 g/mol. The maximum atomic E-state index is 2.17. The van der Waals surface area contributed by atoms with Crippen molar-refractivity contribution in [2.75, 3.05) is 0 Å². The number of hydrogen-bond acceptors (Lipinski definition) is 0. The minimum absolute atomic E-state index is 1.25. The van der Waals surface area contributed by atoms with Crippen LogP contribution in [-0.2, 0) is 0 Å². The number of hydrogen-bond donors (Lipinski definition) is 0. The molecule has 0 saturated carbocycles. The first-order chi connectivity index (χ1) is 5.95. The van der Waals surface area contributed by atoms with Gasteiger partial charge >= 0.3 is 0 Å². The van der Waals surface area contributed by atoms with Crippen molar-refractivity contribution < 1.29 is 0 Å². The molecular weight excluding hydrogens is 144 g/mol. The Kier molecular flexibility index (Phi) is 1.91. The van der Waals surface area contributed by atoms with Gasteiger partial charge in [0.25, 0.3) is 0 Å². The molecule has 1 aliphatic rings. The van der Waals surface area contributed by atoms with Crippen LogP contribution in [0.2, 0.25) is 0 Å². The van der Waals surface area contributed by atoms with Crippen LogP contribution in [0.15, 0.2) is 60.2 Å². The third-order valence-corrected chi connectivity index (χ3v) is 1.82. The van der Waals surface area contributed by atoms with Crippen LogP contribution in [0.1, 0.15) is 5.56 Å². The molecule has 0 spiro atoms. The van der Waals surface area contributed by atoms with Crippen molar-refractivity contribution in [1.82, 2.24) is 0 Å². The minimum atomic E-state index is 1.25. The lowest BCUT2D eigenvalue weighted by Crippen LogP contribution is -1.71. The molecule has 1 aromatic carbocycles. The van der Waals surface area contributed by atoms with E-state index in [9.17, 15) is 0 Å². The lowest BCUT2D eigenvalue weighted by molar-refractivity contribution is 1.64. The first-order valence-electron chi connectivity index (χ1n) is 4.07. The summed E-state index contributed by atoms with van der Waals surface area (Å²) in [4.78, 5) is 0. The first-order valence-corrected chi connectivity index (χ1v) is 4.07. The quantitative estimate of drug-likeness (QED) is 0.582. The lowest BCUT2D eigenvalue weighted by Gasteiger charge is -1.92. The Bertz CT molecular complexity index is 326. The first kappa shape index (κ1) is 7.11. The Morgan fingerprint density at radius 1 is 0.833 bits per heavy atom. The van der Waals surface area contributed by atoms with Gasteiger partial charge in [-0.05, 0) is 17.2 Å². The van der Waals surface area contributed by atoms with Crippen LogP contribution >= 0.6 is 0 Å². The van der Waals surface area contributed by atoms with Gasteiger partial charge in [-0.2, -0.15) is 0 Å². The highest BCUT2D eigenvalue weighted by atomic mass is 14.0. The van der Waals surface area contributed by atoms with Gasteiger partial charge in [-0.15, -0.1) is 0 Å². The second kappa shape index (κ2) is 3.22. The Morgan fingerprint density at radius 2 is 1.50 bits per heavy atom. The highest BCUT2D eigenvalue weighted by Gasteiger charge is 1.91. The molecule has 0 radical (unpaired) electrons. The van der Waals surface area contributed by atoms with E-state index < -0.39 is 0 Å². The van der Waals surface area contributed by atoms with Crippen molar-refractivity contribution in [3.63, 3.8) is 0 Å². The van der Waals surface area contributed by atoms with E-state index in [4.69, 9.17) is 0 Å². The Hall–Kier alpha value is -1.56. The van der Waals surface area contributed by atoms with E-state index in [2.05, 4.69) is 54.6 Å². The summed E-state index contributed by atoms with van der Waals surface area (Å²) in [5.74, 6) is 0. The van der Waals surface area contributed by atoms with E-state index in [0.29, 0.717) is 0 Å². The highest BCUT2D eigenvalue weighted by molar-refractivity contribution is 5.61. The molecule has 0 heteroatoms. The largest absolute Gasteiger partial charge is 0.0622 e. The topological polar surface area (TPSA) is 0 Å². The SMILES string of the molecule is C1=CC(=Cc2ccccc2)C=C1. The Balaban J connectivity index is 2.29. The summed E-state index contributed by atoms with van der Waals surface area (Å²) in [5.41, 5.74) is 2.52. The van der Waals surface area contributed by atoms with Gasteiger partial charge in [-0.1, -0.05) is 54.6 Å². The molecule has 0 atom stereocenters. The molecule has 12 heavy (non-hydrogen) atoms. The lowest BCUT2D eigenvalue weighted by atomic mass is 10.1. The molecule has 2 rings (SSSR count). The summed E-state index contributed by atoms with van der Waals surface area (Å²) >= 11 is 0. The highest BCUT2D eigenvalue weighted by Crippen LogP contribution is 2.12. The molecule has 0 heterocycles. The van der Waals surface area contributed by atoms with Crippen LogP contribution in [0.25, 0.3) is 6.08 Å². The van der Waals surface area contributed by atoms with Crippen molar-refractivity contribution in [1.29, 1.82) is 0 Å². The second-order valence-electron chi connectivity index (χ2n) is 2.77. The smallest absolute Gasteiger partial charge is 0.0251 e. The van der Waals surface area contributed by atoms with Gasteiger partial charge in [0.05, 0.1) is 0 Å². The fourth-order valence-electron chi connectivity index (χ4n) is 1.23. The summed E-state index contributed by atoms with van der Waals surface area (Å²) in [6.07, 6.45) is 10.5. The number of allylic oxidation sites excluding steroid dienone is 5. The van der Waals surface area contributed by atoms with Crippen molar-refractivity contribution in [2.45, 2.75) is 0 Å². The van der Waals surface area contributed by atoms with Gasteiger partial charge in [0.2, 0.25) is 0 Å². The fraction of sp³-hybridized carbons (Fsp3) is 0. The molecule has 0 aliphatic heterocycles. The number of rotatable bonds is 1. The molecule has 0 fully saturated rings. The molecule has 0 N–H and O–H groups in total. The zero-order valence-corrected chi connectivity index (χ0v) is 6.77. The molecule has 58 valence electrons. The van der Waals surface area contributed by atoms with Crippen molar-refractivity contribution >= 4 is 6.08 Å². The molecule has 0 amide bonds. The van der Waals surface area contributed by atoms with Crippen LogP contribution in [0.5, 0.6) is 0 Å². The maximum Gasteiger partial charge on any atom is -0.0251 e. The van der Waals surface area contributed by atoms with Crippen LogP contribution < -0.4 is 0 Å². The molecule has 0 bridgehead atoms.